The number of aldehydes is 1. The fraction of sp³-hybridized carbons (Fsp3) is 0.733. The summed E-state index contributed by atoms with van der Waals surface area (Å²) in [5.41, 5.74) is -1.17. The van der Waals surface area contributed by atoms with E-state index in [0.717, 1.165) is 18.3 Å². The van der Waals surface area contributed by atoms with Gasteiger partial charge >= 0.3 is 5.97 Å². The van der Waals surface area contributed by atoms with Crippen molar-refractivity contribution in [1.82, 2.24) is 0 Å². The zero-order chi connectivity index (χ0) is 14.7. The van der Waals surface area contributed by atoms with E-state index in [4.69, 9.17) is 4.74 Å². The van der Waals surface area contributed by atoms with E-state index in [0.29, 0.717) is 12.8 Å². The van der Waals surface area contributed by atoms with E-state index in [1.165, 1.54) is 13.8 Å². The second kappa shape index (κ2) is 5.85. The standard InChI is InChI=1S/C15H23FO3/c1-5-11-6-12(9-17)8-15(4,7-11)13(18)19-10-14(2,3)16/h6,9,12H,5,7-8,10H2,1-4H3. The van der Waals surface area contributed by atoms with Gasteiger partial charge in [-0.25, -0.2) is 4.39 Å². The van der Waals surface area contributed by atoms with Crippen LogP contribution in [0, 0.1) is 11.3 Å². The Bertz CT molecular complexity index is 381. The maximum atomic E-state index is 13.4. The molecule has 0 aromatic rings. The molecule has 1 aliphatic carbocycles. The van der Waals surface area contributed by atoms with Crippen molar-refractivity contribution in [3.05, 3.63) is 11.6 Å². The highest BCUT2D eigenvalue weighted by atomic mass is 19.1. The van der Waals surface area contributed by atoms with Gasteiger partial charge in [0.2, 0.25) is 0 Å². The maximum absolute atomic E-state index is 13.4. The Morgan fingerprint density at radius 3 is 2.74 bits per heavy atom. The predicted octanol–water partition coefficient (Wildman–Crippen LogP) is 3.23. The number of allylic oxidation sites excluding steroid dienone is 2. The summed E-state index contributed by atoms with van der Waals surface area (Å²) < 4.78 is 18.5. The summed E-state index contributed by atoms with van der Waals surface area (Å²) in [4.78, 5) is 23.1. The van der Waals surface area contributed by atoms with Gasteiger partial charge in [-0.1, -0.05) is 18.6 Å². The van der Waals surface area contributed by atoms with Gasteiger partial charge in [0.05, 0.1) is 5.41 Å². The average Bonchev–Trinajstić information content (AvgIpc) is 2.34. The first-order valence-corrected chi connectivity index (χ1v) is 6.71. The van der Waals surface area contributed by atoms with Crippen LogP contribution in [0.4, 0.5) is 4.39 Å². The molecule has 2 unspecified atom stereocenters. The minimum absolute atomic E-state index is 0.250. The first-order chi connectivity index (χ1) is 8.70. The molecule has 108 valence electrons. The van der Waals surface area contributed by atoms with Crippen molar-refractivity contribution >= 4 is 12.3 Å². The molecule has 0 saturated carbocycles. The summed E-state index contributed by atoms with van der Waals surface area (Å²) >= 11 is 0. The maximum Gasteiger partial charge on any atom is 0.312 e. The number of rotatable bonds is 5. The number of hydrogen-bond donors (Lipinski definition) is 0. The van der Waals surface area contributed by atoms with Gasteiger partial charge in [0.1, 0.15) is 18.6 Å². The summed E-state index contributed by atoms with van der Waals surface area (Å²) in [6.45, 7) is 6.28. The minimum Gasteiger partial charge on any atom is -0.462 e. The molecule has 0 amide bonds. The lowest BCUT2D eigenvalue weighted by Crippen LogP contribution is -2.37. The highest BCUT2D eigenvalue weighted by Gasteiger charge is 2.40. The number of esters is 1. The molecule has 0 saturated heterocycles. The van der Waals surface area contributed by atoms with Crippen LogP contribution in [0.15, 0.2) is 11.6 Å². The fourth-order valence-electron chi connectivity index (χ4n) is 2.41. The van der Waals surface area contributed by atoms with E-state index in [1.54, 1.807) is 6.92 Å². The number of carbonyl (C=O) groups excluding carboxylic acids is 2. The zero-order valence-electron chi connectivity index (χ0n) is 12.2. The molecular formula is C15H23FO3. The summed E-state index contributed by atoms with van der Waals surface area (Å²) in [7, 11) is 0. The van der Waals surface area contributed by atoms with E-state index in [9.17, 15) is 14.0 Å². The first-order valence-electron chi connectivity index (χ1n) is 6.71. The van der Waals surface area contributed by atoms with Crippen LogP contribution in [0.5, 0.6) is 0 Å². The molecule has 0 aliphatic heterocycles. The molecule has 0 fully saturated rings. The Morgan fingerprint density at radius 1 is 1.63 bits per heavy atom. The molecule has 2 atom stereocenters. The Hall–Kier alpha value is -1.19. The molecule has 1 rings (SSSR count). The van der Waals surface area contributed by atoms with Crippen molar-refractivity contribution in [3.8, 4) is 0 Å². The van der Waals surface area contributed by atoms with Gasteiger partial charge in [-0.3, -0.25) is 4.79 Å². The van der Waals surface area contributed by atoms with Crippen LogP contribution in [0.3, 0.4) is 0 Å². The normalized spacial score (nSPS) is 27.6. The Balaban J connectivity index is 2.77. The number of halogens is 1. The molecule has 19 heavy (non-hydrogen) atoms. The predicted molar refractivity (Wildman–Crippen MR) is 71.4 cm³/mol. The van der Waals surface area contributed by atoms with Crippen molar-refractivity contribution in [2.24, 2.45) is 11.3 Å². The monoisotopic (exact) mass is 270 g/mol. The van der Waals surface area contributed by atoms with Crippen LogP contribution in [0.25, 0.3) is 0 Å². The Morgan fingerprint density at radius 2 is 2.26 bits per heavy atom. The van der Waals surface area contributed by atoms with Gasteiger partial charge in [-0.05, 0) is 40.0 Å². The van der Waals surface area contributed by atoms with Crippen LogP contribution in [-0.4, -0.2) is 24.5 Å². The van der Waals surface area contributed by atoms with E-state index >= 15 is 0 Å². The molecule has 0 aromatic carbocycles. The third-order valence-corrected chi connectivity index (χ3v) is 3.42. The molecular weight excluding hydrogens is 247 g/mol. The third kappa shape index (κ3) is 4.44. The Labute approximate surface area is 114 Å². The number of alkyl halides is 1. The van der Waals surface area contributed by atoms with E-state index in [2.05, 4.69) is 0 Å². The largest absolute Gasteiger partial charge is 0.462 e. The quantitative estimate of drug-likeness (QED) is 0.437. The molecule has 4 heteroatoms. The second-order valence-electron chi connectivity index (χ2n) is 6.21. The lowest BCUT2D eigenvalue weighted by atomic mass is 9.71. The summed E-state index contributed by atoms with van der Waals surface area (Å²) in [6.07, 6.45) is 4.62. The molecule has 0 aromatic heterocycles. The first kappa shape index (κ1) is 15.9. The van der Waals surface area contributed by atoms with E-state index in [-0.39, 0.29) is 12.5 Å². The van der Waals surface area contributed by atoms with E-state index < -0.39 is 17.1 Å². The smallest absolute Gasteiger partial charge is 0.312 e. The average molecular weight is 270 g/mol. The summed E-state index contributed by atoms with van der Waals surface area (Å²) in [6, 6.07) is 0. The third-order valence-electron chi connectivity index (χ3n) is 3.42. The van der Waals surface area contributed by atoms with Crippen molar-refractivity contribution in [1.29, 1.82) is 0 Å². The molecule has 3 nitrogen and oxygen atoms in total. The molecule has 1 aliphatic rings. The SMILES string of the molecule is CCC1=CC(C=O)CC(C)(C(=O)OCC(C)(C)F)C1. The van der Waals surface area contributed by atoms with Gasteiger partial charge in [0.15, 0.2) is 0 Å². The van der Waals surface area contributed by atoms with Crippen molar-refractivity contribution in [3.63, 3.8) is 0 Å². The highest BCUT2D eigenvalue weighted by Crippen LogP contribution is 2.40. The van der Waals surface area contributed by atoms with Crippen LogP contribution in [0.1, 0.15) is 47.0 Å². The molecule has 0 N–H and O–H groups in total. The Kier molecular flexibility index (Phi) is 4.88. The number of ether oxygens (including phenoxy) is 1. The minimum atomic E-state index is -1.53. The van der Waals surface area contributed by atoms with E-state index in [1.807, 2.05) is 13.0 Å². The summed E-state index contributed by atoms with van der Waals surface area (Å²) in [5.74, 6) is -0.663. The van der Waals surface area contributed by atoms with Crippen LogP contribution in [0.2, 0.25) is 0 Å². The summed E-state index contributed by atoms with van der Waals surface area (Å²) in [5, 5.41) is 0. The molecule has 0 spiro atoms. The molecule has 0 radical (unpaired) electrons. The molecule has 0 heterocycles. The van der Waals surface area contributed by atoms with Gasteiger partial charge in [0, 0.05) is 5.92 Å². The highest BCUT2D eigenvalue weighted by molar-refractivity contribution is 5.78. The topological polar surface area (TPSA) is 43.4 Å². The van der Waals surface area contributed by atoms with Crippen molar-refractivity contribution < 1.29 is 18.7 Å². The van der Waals surface area contributed by atoms with Crippen molar-refractivity contribution in [2.75, 3.05) is 6.61 Å². The van der Waals surface area contributed by atoms with Gasteiger partial charge in [0.25, 0.3) is 0 Å². The fourth-order valence-corrected chi connectivity index (χ4v) is 2.41. The van der Waals surface area contributed by atoms with Gasteiger partial charge in [-0.2, -0.15) is 0 Å². The lowest BCUT2D eigenvalue weighted by molar-refractivity contribution is -0.160. The molecule has 0 bridgehead atoms. The van der Waals surface area contributed by atoms with Crippen LogP contribution >= 0.6 is 0 Å². The van der Waals surface area contributed by atoms with Crippen LogP contribution < -0.4 is 0 Å². The van der Waals surface area contributed by atoms with Gasteiger partial charge < -0.3 is 9.53 Å². The van der Waals surface area contributed by atoms with Gasteiger partial charge in [-0.15, -0.1) is 0 Å². The number of hydrogen-bond acceptors (Lipinski definition) is 3. The van der Waals surface area contributed by atoms with Crippen LogP contribution in [-0.2, 0) is 14.3 Å². The lowest BCUT2D eigenvalue weighted by Gasteiger charge is -2.34. The van der Waals surface area contributed by atoms with Crippen molar-refractivity contribution in [2.45, 2.75) is 52.6 Å². The zero-order valence-corrected chi connectivity index (χ0v) is 12.2. The second-order valence-corrected chi connectivity index (χ2v) is 6.21. The number of carbonyl (C=O) groups is 2.